The van der Waals surface area contributed by atoms with Crippen molar-refractivity contribution in [2.24, 2.45) is 0 Å². The Labute approximate surface area is 225 Å². The van der Waals surface area contributed by atoms with Crippen LogP contribution in [0.1, 0.15) is 35.4 Å². The van der Waals surface area contributed by atoms with Gasteiger partial charge in [-0.25, -0.2) is 4.98 Å². The van der Waals surface area contributed by atoms with Crippen molar-refractivity contribution >= 4 is 16.6 Å². The maximum absolute atomic E-state index is 14.0. The predicted molar refractivity (Wildman–Crippen MR) is 139 cm³/mol. The fraction of sp³-hybridized carbons (Fsp3) is 0.310. The molecule has 0 spiro atoms. The minimum atomic E-state index is -6.02. The maximum Gasteiger partial charge on any atom is 0.430 e. The number of alkyl halides is 6. The Bertz CT molecular complexity index is 1590. The monoisotopic (exact) mass is 561 g/mol. The largest absolute Gasteiger partial charge is 0.430 e. The van der Waals surface area contributed by atoms with Gasteiger partial charge in [-0.05, 0) is 55.2 Å². The summed E-state index contributed by atoms with van der Waals surface area (Å²) in [5.74, 6) is 0.260. The molecule has 40 heavy (non-hydrogen) atoms. The van der Waals surface area contributed by atoms with Crippen molar-refractivity contribution in [3.8, 4) is 5.69 Å². The Morgan fingerprint density at radius 2 is 1.52 bits per heavy atom. The van der Waals surface area contributed by atoms with E-state index in [1.165, 1.54) is 11.5 Å². The molecule has 0 bridgehead atoms. The summed E-state index contributed by atoms with van der Waals surface area (Å²) < 4.78 is 82.3. The Balaban J connectivity index is 1.71. The average molecular weight is 562 g/mol. The van der Waals surface area contributed by atoms with Crippen LogP contribution in [0.2, 0.25) is 0 Å². The number of hydrogen-bond donors (Lipinski definition) is 1. The minimum absolute atomic E-state index is 0.0624. The normalized spacial score (nSPS) is 14.8. The van der Waals surface area contributed by atoms with E-state index in [2.05, 4.69) is 4.90 Å². The van der Waals surface area contributed by atoms with Crippen LogP contribution in [-0.2, 0) is 12.0 Å². The molecule has 0 atom stereocenters. The third kappa shape index (κ3) is 4.72. The summed E-state index contributed by atoms with van der Waals surface area (Å²) in [6.07, 6.45) is -9.83. The lowest BCUT2D eigenvalue weighted by atomic mass is 9.90. The number of aromatic nitrogens is 2. The van der Waals surface area contributed by atoms with E-state index in [0.717, 1.165) is 43.2 Å². The van der Waals surface area contributed by atoms with Crippen molar-refractivity contribution in [1.29, 1.82) is 0 Å². The number of aliphatic hydroxyl groups is 1. The summed E-state index contributed by atoms with van der Waals surface area (Å²) in [6, 6.07) is 16.5. The van der Waals surface area contributed by atoms with E-state index in [9.17, 15) is 36.2 Å². The fourth-order valence-corrected chi connectivity index (χ4v) is 5.16. The molecule has 4 aromatic rings. The average Bonchev–Trinajstić information content (AvgIpc) is 3.43. The summed E-state index contributed by atoms with van der Waals surface area (Å²) in [6.45, 7) is 2.96. The van der Waals surface area contributed by atoms with E-state index < -0.39 is 29.1 Å². The summed E-state index contributed by atoms with van der Waals surface area (Å²) in [5, 5.41) is 10.2. The van der Waals surface area contributed by atoms with Crippen molar-refractivity contribution in [1.82, 2.24) is 9.55 Å². The Morgan fingerprint density at radius 1 is 0.875 bits per heavy atom. The zero-order chi connectivity index (χ0) is 28.9. The second kappa shape index (κ2) is 9.96. The molecular formula is C29H25F6N3O2. The molecule has 5 rings (SSSR count). The molecular weight excluding hydrogens is 536 g/mol. The molecule has 2 heterocycles. The molecule has 3 aromatic carbocycles. The zero-order valence-corrected chi connectivity index (χ0v) is 21.4. The molecule has 0 unspecified atom stereocenters. The summed E-state index contributed by atoms with van der Waals surface area (Å²) >= 11 is 0. The molecule has 1 saturated heterocycles. The maximum atomic E-state index is 14.0. The van der Waals surface area contributed by atoms with Gasteiger partial charge >= 0.3 is 12.4 Å². The Kier molecular flexibility index (Phi) is 6.89. The van der Waals surface area contributed by atoms with Crippen LogP contribution < -0.4 is 10.5 Å². The van der Waals surface area contributed by atoms with Crippen LogP contribution in [0.25, 0.3) is 16.6 Å². The third-order valence-electron chi connectivity index (χ3n) is 7.27. The second-order valence-corrected chi connectivity index (χ2v) is 9.93. The molecule has 1 fully saturated rings. The Hall–Kier alpha value is -3.86. The third-order valence-corrected chi connectivity index (χ3v) is 7.27. The zero-order valence-electron chi connectivity index (χ0n) is 21.4. The van der Waals surface area contributed by atoms with Crippen LogP contribution in [0, 0.1) is 6.92 Å². The van der Waals surface area contributed by atoms with Crippen LogP contribution in [-0.4, -0.2) is 40.1 Å². The van der Waals surface area contributed by atoms with Gasteiger partial charge in [-0.1, -0.05) is 42.5 Å². The van der Waals surface area contributed by atoms with Crippen molar-refractivity contribution in [2.75, 3.05) is 18.0 Å². The number of halogens is 6. The van der Waals surface area contributed by atoms with Crippen molar-refractivity contribution in [3.05, 3.63) is 99.6 Å². The second-order valence-electron chi connectivity index (χ2n) is 9.93. The smallest absolute Gasteiger partial charge is 0.372 e. The first kappa shape index (κ1) is 27.7. The van der Waals surface area contributed by atoms with Gasteiger partial charge in [0, 0.05) is 30.8 Å². The highest BCUT2D eigenvalue weighted by Gasteiger charge is 2.71. The van der Waals surface area contributed by atoms with Gasteiger partial charge in [-0.2, -0.15) is 26.3 Å². The van der Waals surface area contributed by atoms with Crippen LogP contribution in [0.4, 0.5) is 32.0 Å². The molecule has 0 amide bonds. The first-order valence-electron chi connectivity index (χ1n) is 12.6. The summed E-state index contributed by atoms with van der Waals surface area (Å²) in [5.41, 5.74) is -4.93. The van der Waals surface area contributed by atoms with E-state index in [-0.39, 0.29) is 28.9 Å². The number of rotatable bonds is 5. The number of nitrogens with zero attached hydrogens (tertiary/aromatic N) is 3. The molecule has 5 nitrogen and oxygen atoms in total. The molecule has 1 aliphatic heterocycles. The minimum Gasteiger partial charge on any atom is -0.372 e. The quantitative estimate of drug-likeness (QED) is 0.295. The molecule has 0 aliphatic carbocycles. The summed E-state index contributed by atoms with van der Waals surface area (Å²) in [4.78, 5) is 20.8. The Morgan fingerprint density at radius 3 is 2.12 bits per heavy atom. The lowest BCUT2D eigenvalue weighted by molar-refractivity contribution is -0.376. The lowest BCUT2D eigenvalue weighted by Gasteiger charge is -2.33. The first-order valence-corrected chi connectivity index (χ1v) is 12.6. The van der Waals surface area contributed by atoms with E-state index in [4.69, 9.17) is 4.98 Å². The van der Waals surface area contributed by atoms with Gasteiger partial charge in [0.05, 0.1) is 16.6 Å². The van der Waals surface area contributed by atoms with Crippen LogP contribution in [0.3, 0.4) is 0 Å². The van der Waals surface area contributed by atoms with E-state index in [1.807, 2.05) is 24.3 Å². The number of anilines is 1. The molecule has 11 heteroatoms. The molecule has 1 N–H and O–H groups in total. The van der Waals surface area contributed by atoms with E-state index in [0.29, 0.717) is 17.6 Å². The highest BCUT2D eigenvalue weighted by atomic mass is 19.4. The van der Waals surface area contributed by atoms with Gasteiger partial charge in [0.2, 0.25) is 0 Å². The van der Waals surface area contributed by atoms with Gasteiger partial charge in [0.1, 0.15) is 5.82 Å². The van der Waals surface area contributed by atoms with Gasteiger partial charge in [0.15, 0.2) is 0 Å². The van der Waals surface area contributed by atoms with Crippen molar-refractivity contribution in [3.63, 3.8) is 0 Å². The highest BCUT2D eigenvalue weighted by molar-refractivity contribution is 5.82. The number of fused-ring (bicyclic) bond motifs is 1. The SMILES string of the molecule is Cc1cc(C(O)(C(F)(F)F)C(F)(F)F)ccc1-n1c(Cc2ccccc2)nc2ccc(N3CCCC3)cc2c1=O. The van der Waals surface area contributed by atoms with E-state index >= 15 is 0 Å². The molecule has 0 saturated carbocycles. The topological polar surface area (TPSA) is 58.4 Å². The van der Waals surface area contributed by atoms with Crippen LogP contribution in [0.15, 0.2) is 71.5 Å². The van der Waals surface area contributed by atoms with Crippen LogP contribution in [0.5, 0.6) is 0 Å². The first-order chi connectivity index (χ1) is 18.8. The highest BCUT2D eigenvalue weighted by Crippen LogP contribution is 2.50. The summed E-state index contributed by atoms with van der Waals surface area (Å²) in [7, 11) is 0. The molecule has 210 valence electrons. The van der Waals surface area contributed by atoms with Crippen molar-refractivity contribution in [2.45, 2.75) is 44.1 Å². The molecule has 1 aliphatic rings. The van der Waals surface area contributed by atoms with Crippen LogP contribution >= 0.6 is 0 Å². The molecule has 1 aromatic heterocycles. The standard InChI is InChI=1S/C29H25F6N3O2/c1-18-15-20(27(40,28(30,31)32)29(33,34)35)9-12-24(18)38-25(16-19-7-3-2-4-8-19)36-23-11-10-21(17-22(23)26(38)39)37-13-5-6-14-37/h2-4,7-12,15,17,40H,5-6,13-14,16H2,1H3. The van der Waals surface area contributed by atoms with Gasteiger partial charge in [-0.15, -0.1) is 0 Å². The van der Waals surface area contributed by atoms with Gasteiger partial charge in [-0.3, -0.25) is 9.36 Å². The predicted octanol–water partition coefficient (Wildman–Crippen LogP) is 6.20. The van der Waals surface area contributed by atoms with Gasteiger partial charge in [0.25, 0.3) is 11.2 Å². The van der Waals surface area contributed by atoms with Gasteiger partial charge < -0.3 is 10.0 Å². The lowest BCUT2D eigenvalue weighted by Crippen LogP contribution is -2.54. The number of benzene rings is 3. The van der Waals surface area contributed by atoms with E-state index in [1.54, 1.807) is 24.3 Å². The number of hydrogen-bond acceptors (Lipinski definition) is 4. The van der Waals surface area contributed by atoms with Crippen molar-refractivity contribution < 1.29 is 31.4 Å². The number of aryl methyl sites for hydroxylation is 1. The fourth-order valence-electron chi connectivity index (χ4n) is 5.16. The molecule has 0 radical (unpaired) electrons.